The number of imide groups is 1. The van der Waals surface area contributed by atoms with Gasteiger partial charge < -0.3 is 19.8 Å². The highest BCUT2D eigenvalue weighted by Gasteiger charge is 2.46. The molecule has 2 amide bonds. The number of likely N-dealkylation sites (N-methyl/N-ethyl adjacent to an activating group) is 1. The Kier molecular flexibility index (Phi) is 7.88. The number of carboxylic acid groups (broad SMARTS) is 2. The lowest BCUT2D eigenvalue weighted by Gasteiger charge is -2.20. The van der Waals surface area contributed by atoms with E-state index in [0.29, 0.717) is 35.6 Å². The van der Waals surface area contributed by atoms with E-state index in [1.165, 1.54) is 0 Å². The van der Waals surface area contributed by atoms with Gasteiger partial charge in [0.25, 0.3) is 5.24 Å². The number of aromatic nitrogens is 1. The quantitative estimate of drug-likeness (QED) is 0.499. The number of hydrogen-bond acceptors (Lipinski definition) is 8. The SMILES string of the molecule is CN(CCOc1ccc(CC2SC(=O)N(C(CC(=O)O)C(=O)O)C2=O)cc1)c1ccccn1. The predicted molar refractivity (Wildman–Crippen MR) is 120 cm³/mol. The summed E-state index contributed by atoms with van der Waals surface area (Å²) >= 11 is 0.707. The van der Waals surface area contributed by atoms with E-state index in [0.717, 1.165) is 11.4 Å². The van der Waals surface area contributed by atoms with E-state index in [1.54, 1.807) is 30.5 Å². The van der Waals surface area contributed by atoms with Crippen LogP contribution in [0.3, 0.4) is 0 Å². The third-order valence-corrected chi connectivity index (χ3v) is 6.05. The van der Waals surface area contributed by atoms with Gasteiger partial charge in [-0.1, -0.05) is 30.0 Å². The Labute approximate surface area is 194 Å². The first-order chi connectivity index (χ1) is 15.8. The number of aliphatic carboxylic acids is 2. The number of ether oxygens (including phenoxy) is 1. The second kappa shape index (κ2) is 10.8. The number of rotatable bonds is 11. The van der Waals surface area contributed by atoms with Gasteiger partial charge >= 0.3 is 11.9 Å². The second-order valence-corrected chi connectivity index (χ2v) is 8.49. The summed E-state index contributed by atoms with van der Waals surface area (Å²) in [4.78, 5) is 54.0. The van der Waals surface area contributed by atoms with E-state index in [4.69, 9.17) is 9.84 Å². The Morgan fingerprint density at radius 1 is 1.18 bits per heavy atom. The maximum atomic E-state index is 12.6. The predicted octanol–water partition coefficient (Wildman–Crippen LogP) is 2.13. The first-order valence-electron chi connectivity index (χ1n) is 10.1. The molecule has 174 valence electrons. The van der Waals surface area contributed by atoms with Crippen molar-refractivity contribution in [1.29, 1.82) is 0 Å². The Morgan fingerprint density at radius 3 is 2.52 bits per heavy atom. The first-order valence-corrected chi connectivity index (χ1v) is 11.0. The van der Waals surface area contributed by atoms with Gasteiger partial charge in [-0.3, -0.25) is 19.3 Å². The molecule has 1 fully saturated rings. The number of carbonyl (C=O) groups excluding carboxylic acids is 2. The fourth-order valence-electron chi connectivity index (χ4n) is 3.27. The van der Waals surface area contributed by atoms with Crippen molar-refractivity contribution in [1.82, 2.24) is 9.88 Å². The number of benzene rings is 1. The highest BCUT2D eigenvalue weighted by atomic mass is 32.2. The van der Waals surface area contributed by atoms with Gasteiger partial charge in [-0.15, -0.1) is 0 Å². The van der Waals surface area contributed by atoms with Crippen molar-refractivity contribution in [3.63, 3.8) is 0 Å². The van der Waals surface area contributed by atoms with Crippen molar-refractivity contribution >= 4 is 40.7 Å². The van der Waals surface area contributed by atoms with Crippen LogP contribution in [-0.2, 0) is 20.8 Å². The van der Waals surface area contributed by atoms with Crippen molar-refractivity contribution in [2.24, 2.45) is 0 Å². The van der Waals surface area contributed by atoms with E-state index in [-0.39, 0.29) is 6.42 Å². The molecule has 0 radical (unpaired) electrons. The molecule has 1 saturated heterocycles. The Hall–Kier alpha value is -3.60. The van der Waals surface area contributed by atoms with Crippen molar-refractivity contribution in [2.45, 2.75) is 24.1 Å². The number of hydrogen-bond donors (Lipinski definition) is 2. The molecule has 2 unspecified atom stereocenters. The van der Waals surface area contributed by atoms with Crippen LogP contribution in [0.5, 0.6) is 5.75 Å². The lowest BCUT2D eigenvalue weighted by atomic mass is 10.1. The summed E-state index contributed by atoms with van der Waals surface area (Å²) in [6.45, 7) is 1.07. The number of carbonyl (C=O) groups is 4. The molecule has 1 aromatic carbocycles. The monoisotopic (exact) mass is 473 g/mol. The van der Waals surface area contributed by atoms with E-state index in [1.807, 2.05) is 30.1 Å². The highest BCUT2D eigenvalue weighted by molar-refractivity contribution is 8.15. The van der Waals surface area contributed by atoms with Crippen molar-refractivity contribution in [3.05, 3.63) is 54.2 Å². The third kappa shape index (κ3) is 6.22. The number of carboxylic acids is 2. The minimum Gasteiger partial charge on any atom is -0.492 e. The molecule has 0 spiro atoms. The number of thioether (sulfide) groups is 1. The van der Waals surface area contributed by atoms with Gasteiger partial charge in [0.1, 0.15) is 24.2 Å². The summed E-state index contributed by atoms with van der Waals surface area (Å²) in [5, 5.41) is 16.6. The van der Waals surface area contributed by atoms with Crippen LogP contribution in [0.15, 0.2) is 48.7 Å². The van der Waals surface area contributed by atoms with E-state index >= 15 is 0 Å². The molecule has 1 aliphatic heterocycles. The molecule has 1 aromatic heterocycles. The molecule has 2 atom stereocenters. The summed E-state index contributed by atoms with van der Waals surface area (Å²) in [5.41, 5.74) is 0.763. The van der Waals surface area contributed by atoms with Crippen molar-refractivity contribution in [2.75, 3.05) is 25.1 Å². The molecule has 0 aliphatic carbocycles. The minimum atomic E-state index is -1.72. The summed E-state index contributed by atoms with van der Waals surface area (Å²) in [5.74, 6) is -2.15. The molecule has 33 heavy (non-hydrogen) atoms. The van der Waals surface area contributed by atoms with Crippen LogP contribution < -0.4 is 9.64 Å². The van der Waals surface area contributed by atoms with Gasteiger partial charge in [-0.25, -0.2) is 9.78 Å². The third-order valence-electron chi connectivity index (χ3n) is 5.00. The largest absolute Gasteiger partial charge is 0.492 e. The molecule has 11 heteroatoms. The van der Waals surface area contributed by atoms with E-state index in [9.17, 15) is 24.3 Å². The maximum Gasteiger partial charge on any atom is 0.327 e. The number of nitrogens with zero attached hydrogens (tertiary/aromatic N) is 3. The Bertz CT molecular complexity index is 1020. The number of amides is 2. The molecule has 2 aromatic rings. The lowest BCUT2D eigenvalue weighted by molar-refractivity contribution is -0.151. The summed E-state index contributed by atoms with van der Waals surface area (Å²) < 4.78 is 5.75. The minimum absolute atomic E-state index is 0.202. The zero-order valence-electron chi connectivity index (χ0n) is 17.8. The normalized spacial score (nSPS) is 16.5. The van der Waals surface area contributed by atoms with Crippen molar-refractivity contribution < 1.29 is 34.1 Å². The van der Waals surface area contributed by atoms with Gasteiger partial charge in [0.05, 0.1) is 18.2 Å². The van der Waals surface area contributed by atoms with Crippen LogP contribution in [0.4, 0.5) is 10.6 Å². The molecule has 2 heterocycles. The molecule has 2 N–H and O–H groups in total. The maximum absolute atomic E-state index is 12.6. The van der Waals surface area contributed by atoms with Crippen LogP contribution >= 0.6 is 11.8 Å². The Balaban J connectivity index is 1.54. The highest BCUT2D eigenvalue weighted by Crippen LogP contribution is 2.32. The van der Waals surface area contributed by atoms with Gasteiger partial charge in [0.15, 0.2) is 0 Å². The topological polar surface area (TPSA) is 137 Å². The zero-order valence-corrected chi connectivity index (χ0v) is 18.6. The molecule has 3 rings (SSSR count). The first kappa shape index (κ1) is 24.1. The van der Waals surface area contributed by atoms with Gasteiger partial charge in [0, 0.05) is 13.2 Å². The second-order valence-electron chi connectivity index (χ2n) is 7.34. The average Bonchev–Trinajstić information content (AvgIpc) is 3.06. The zero-order chi connectivity index (χ0) is 24.0. The van der Waals surface area contributed by atoms with Gasteiger partial charge in [-0.05, 0) is 36.2 Å². The molecule has 0 bridgehead atoms. The lowest BCUT2D eigenvalue weighted by Crippen LogP contribution is -2.46. The molecule has 10 nitrogen and oxygen atoms in total. The van der Waals surface area contributed by atoms with Crippen LogP contribution in [0, 0.1) is 0 Å². The fourth-order valence-corrected chi connectivity index (χ4v) is 4.33. The molecule has 0 saturated carbocycles. The Morgan fingerprint density at radius 2 is 1.91 bits per heavy atom. The van der Waals surface area contributed by atoms with Crippen LogP contribution in [0.25, 0.3) is 0 Å². The summed E-state index contributed by atoms with van der Waals surface area (Å²) in [6.07, 6.45) is 1.08. The number of pyridine rings is 1. The van der Waals surface area contributed by atoms with Crippen LogP contribution in [0.2, 0.25) is 0 Å². The van der Waals surface area contributed by atoms with Gasteiger partial charge in [-0.2, -0.15) is 0 Å². The molecular formula is C22H23N3O7S. The smallest absolute Gasteiger partial charge is 0.327 e. The van der Waals surface area contributed by atoms with E-state index in [2.05, 4.69) is 4.98 Å². The van der Waals surface area contributed by atoms with Crippen LogP contribution in [0.1, 0.15) is 12.0 Å². The standard InChI is InChI=1S/C22H23N3O7S/c1-24(18-4-2-3-9-23-18)10-11-32-15-7-5-14(6-8-15)12-17-20(28)25(22(31)33-17)16(21(29)30)13-19(26)27/h2-9,16-17H,10-13H2,1H3,(H,26,27)(H,29,30). The summed E-state index contributed by atoms with van der Waals surface area (Å²) in [7, 11) is 1.92. The van der Waals surface area contributed by atoms with Gasteiger partial charge in [0.2, 0.25) is 5.91 Å². The van der Waals surface area contributed by atoms with Crippen LogP contribution in [-0.4, -0.2) is 74.7 Å². The average molecular weight is 474 g/mol. The number of anilines is 1. The fraction of sp³-hybridized carbons (Fsp3) is 0.318. The van der Waals surface area contributed by atoms with Crippen molar-refractivity contribution in [3.8, 4) is 5.75 Å². The summed E-state index contributed by atoms with van der Waals surface area (Å²) in [6, 6.07) is 11.0. The molecular weight excluding hydrogens is 450 g/mol. The van der Waals surface area contributed by atoms with E-state index < -0.39 is 40.8 Å². The molecule has 1 aliphatic rings.